The molecule has 2 N–H and O–H groups in total. The number of rotatable bonds is 4. The Kier molecular flexibility index (Phi) is 4.96. The maximum atomic E-state index is 12.7. The summed E-state index contributed by atoms with van der Waals surface area (Å²) < 4.78 is 5.07. The Morgan fingerprint density at radius 3 is 2.88 bits per heavy atom. The fourth-order valence-electron chi connectivity index (χ4n) is 2.91. The Morgan fingerprint density at radius 1 is 1.25 bits per heavy atom. The topological polar surface area (TPSA) is 74.6 Å². The van der Waals surface area contributed by atoms with Crippen LogP contribution in [0.5, 0.6) is 0 Å². The van der Waals surface area contributed by atoms with Gasteiger partial charge in [-0.3, -0.25) is 9.59 Å². The van der Waals surface area contributed by atoms with Gasteiger partial charge in [-0.2, -0.15) is 0 Å². The molecule has 6 heteroatoms. The highest BCUT2D eigenvalue weighted by atomic mass is 16.3. The van der Waals surface area contributed by atoms with Gasteiger partial charge >= 0.3 is 0 Å². The van der Waals surface area contributed by atoms with E-state index < -0.39 is 0 Å². The number of furan rings is 1. The van der Waals surface area contributed by atoms with Crippen LogP contribution in [0.1, 0.15) is 33.8 Å². The quantitative estimate of drug-likeness (QED) is 0.904. The monoisotopic (exact) mass is 327 g/mol. The summed E-state index contributed by atoms with van der Waals surface area (Å²) in [6.45, 7) is 1.47. The molecule has 1 aliphatic rings. The van der Waals surface area contributed by atoms with E-state index in [0.717, 1.165) is 19.4 Å². The number of likely N-dealkylation sites (N-methyl/N-ethyl adjacent to an activating group) is 1. The van der Waals surface area contributed by atoms with E-state index in [0.29, 0.717) is 23.8 Å². The van der Waals surface area contributed by atoms with Gasteiger partial charge in [-0.25, -0.2) is 0 Å². The van der Waals surface area contributed by atoms with E-state index in [1.54, 1.807) is 36.4 Å². The van der Waals surface area contributed by atoms with Crippen LogP contribution in [-0.2, 0) is 0 Å². The molecule has 1 aliphatic heterocycles. The normalized spacial score (nSPS) is 17.5. The molecule has 126 valence electrons. The molecule has 3 rings (SSSR count). The van der Waals surface area contributed by atoms with Crippen molar-refractivity contribution in [2.75, 3.05) is 25.5 Å². The lowest BCUT2D eigenvalue weighted by molar-refractivity contribution is 0.0698. The molecule has 1 aromatic heterocycles. The number of anilines is 1. The number of nitrogens with one attached hydrogen (secondary N) is 2. The van der Waals surface area contributed by atoms with Gasteiger partial charge in [0, 0.05) is 30.4 Å². The van der Waals surface area contributed by atoms with Crippen molar-refractivity contribution in [2.45, 2.75) is 18.9 Å². The predicted molar refractivity (Wildman–Crippen MR) is 91.1 cm³/mol. The molecule has 0 radical (unpaired) electrons. The molecule has 1 aromatic carbocycles. The number of carbonyl (C=O) groups excluding carboxylic acids is 2. The van der Waals surface area contributed by atoms with Crippen molar-refractivity contribution in [1.82, 2.24) is 10.2 Å². The Balaban J connectivity index is 1.70. The van der Waals surface area contributed by atoms with Crippen LogP contribution in [0.3, 0.4) is 0 Å². The van der Waals surface area contributed by atoms with Crippen molar-refractivity contribution in [2.24, 2.45) is 0 Å². The van der Waals surface area contributed by atoms with Gasteiger partial charge in [0.15, 0.2) is 5.76 Å². The minimum Gasteiger partial charge on any atom is -0.459 e. The molecule has 2 amide bonds. The fourth-order valence-corrected chi connectivity index (χ4v) is 2.91. The second kappa shape index (κ2) is 7.31. The molecular formula is C18H21N3O3. The summed E-state index contributed by atoms with van der Waals surface area (Å²) in [6.07, 6.45) is 3.52. The number of benzene rings is 1. The molecule has 1 saturated heterocycles. The van der Waals surface area contributed by atoms with Crippen LogP contribution >= 0.6 is 0 Å². The summed E-state index contributed by atoms with van der Waals surface area (Å²) in [4.78, 5) is 26.6. The first-order chi connectivity index (χ1) is 11.7. The molecule has 1 unspecified atom stereocenters. The zero-order chi connectivity index (χ0) is 16.9. The molecule has 2 aromatic rings. The number of likely N-dealkylation sites (tertiary alicyclic amines) is 1. The van der Waals surface area contributed by atoms with Gasteiger partial charge in [-0.05, 0) is 50.2 Å². The minimum absolute atomic E-state index is 0.0101. The third kappa shape index (κ3) is 3.65. The van der Waals surface area contributed by atoms with Gasteiger partial charge in [0.25, 0.3) is 11.8 Å². The number of amides is 2. The van der Waals surface area contributed by atoms with Gasteiger partial charge in [0.2, 0.25) is 0 Å². The van der Waals surface area contributed by atoms with E-state index in [2.05, 4.69) is 10.6 Å². The second-order valence-corrected chi connectivity index (χ2v) is 5.89. The number of hydrogen-bond donors (Lipinski definition) is 2. The van der Waals surface area contributed by atoms with Gasteiger partial charge in [-0.15, -0.1) is 0 Å². The van der Waals surface area contributed by atoms with E-state index >= 15 is 0 Å². The molecule has 24 heavy (non-hydrogen) atoms. The Hall–Kier alpha value is -2.60. The Morgan fingerprint density at radius 2 is 2.12 bits per heavy atom. The van der Waals surface area contributed by atoms with Gasteiger partial charge < -0.3 is 20.0 Å². The van der Waals surface area contributed by atoms with Gasteiger partial charge in [0.1, 0.15) is 0 Å². The molecule has 0 aliphatic carbocycles. The number of piperidine rings is 1. The lowest BCUT2D eigenvalue weighted by Gasteiger charge is -2.32. The van der Waals surface area contributed by atoms with E-state index in [9.17, 15) is 9.59 Å². The lowest BCUT2D eigenvalue weighted by atomic mass is 10.0. The predicted octanol–water partition coefficient (Wildman–Crippen LogP) is 2.36. The highest BCUT2D eigenvalue weighted by Crippen LogP contribution is 2.17. The average Bonchev–Trinajstić information content (AvgIpc) is 3.16. The van der Waals surface area contributed by atoms with Crippen molar-refractivity contribution in [1.29, 1.82) is 0 Å². The van der Waals surface area contributed by atoms with Crippen molar-refractivity contribution in [3.8, 4) is 0 Å². The van der Waals surface area contributed by atoms with Crippen LogP contribution in [0.15, 0.2) is 47.1 Å². The maximum absolute atomic E-state index is 12.7. The van der Waals surface area contributed by atoms with Crippen LogP contribution in [0.2, 0.25) is 0 Å². The highest BCUT2D eigenvalue weighted by Gasteiger charge is 2.23. The highest BCUT2D eigenvalue weighted by molar-refractivity contribution is 6.03. The zero-order valence-corrected chi connectivity index (χ0v) is 13.6. The van der Waals surface area contributed by atoms with Crippen molar-refractivity contribution in [3.63, 3.8) is 0 Å². The summed E-state index contributed by atoms with van der Waals surface area (Å²) in [5.74, 6) is -0.110. The smallest absolute Gasteiger partial charge is 0.291 e. The summed E-state index contributed by atoms with van der Waals surface area (Å²) in [5.41, 5.74) is 1.15. The van der Waals surface area contributed by atoms with Gasteiger partial charge in [0.05, 0.1) is 6.26 Å². The maximum Gasteiger partial charge on any atom is 0.291 e. The summed E-state index contributed by atoms with van der Waals surface area (Å²) in [5, 5.41) is 5.98. The van der Waals surface area contributed by atoms with Crippen molar-refractivity contribution >= 4 is 17.5 Å². The first-order valence-corrected chi connectivity index (χ1v) is 8.09. The molecule has 1 fully saturated rings. The van der Waals surface area contributed by atoms with Crippen LogP contribution < -0.4 is 10.6 Å². The third-order valence-corrected chi connectivity index (χ3v) is 4.23. The SMILES string of the molecule is CNC1CCCN(C(=O)c2cccc(NC(=O)c3ccco3)c2)C1. The first-order valence-electron chi connectivity index (χ1n) is 8.09. The summed E-state index contributed by atoms with van der Waals surface area (Å²) in [6, 6.07) is 10.6. The molecule has 0 spiro atoms. The van der Waals surface area contributed by atoms with Gasteiger partial charge in [-0.1, -0.05) is 6.07 Å². The molecule has 6 nitrogen and oxygen atoms in total. The van der Waals surface area contributed by atoms with E-state index in [4.69, 9.17) is 4.42 Å². The molecule has 0 saturated carbocycles. The summed E-state index contributed by atoms with van der Waals surface area (Å²) in [7, 11) is 1.92. The van der Waals surface area contributed by atoms with E-state index in [1.807, 2.05) is 11.9 Å². The fraction of sp³-hybridized carbons (Fsp3) is 0.333. The molecular weight excluding hydrogens is 306 g/mol. The first kappa shape index (κ1) is 16.3. The van der Waals surface area contributed by atoms with Crippen LogP contribution in [0.25, 0.3) is 0 Å². The van der Waals surface area contributed by atoms with Crippen molar-refractivity contribution in [3.05, 3.63) is 54.0 Å². The molecule has 1 atom stereocenters. The standard InChI is InChI=1S/C18H21N3O3/c1-19-15-7-3-9-21(12-15)18(23)13-5-2-6-14(11-13)20-17(22)16-8-4-10-24-16/h2,4-6,8,10-11,15,19H,3,7,9,12H2,1H3,(H,20,22). The van der Waals surface area contributed by atoms with E-state index in [-0.39, 0.29) is 17.6 Å². The average molecular weight is 327 g/mol. The third-order valence-electron chi connectivity index (χ3n) is 4.23. The van der Waals surface area contributed by atoms with Crippen LogP contribution in [-0.4, -0.2) is 42.9 Å². The lowest BCUT2D eigenvalue weighted by Crippen LogP contribution is -2.46. The largest absolute Gasteiger partial charge is 0.459 e. The summed E-state index contributed by atoms with van der Waals surface area (Å²) >= 11 is 0. The number of carbonyl (C=O) groups is 2. The Labute approximate surface area is 140 Å². The number of hydrogen-bond acceptors (Lipinski definition) is 4. The van der Waals surface area contributed by atoms with Crippen molar-refractivity contribution < 1.29 is 14.0 Å². The zero-order valence-electron chi connectivity index (χ0n) is 13.6. The van der Waals surface area contributed by atoms with Crippen LogP contribution in [0.4, 0.5) is 5.69 Å². The van der Waals surface area contributed by atoms with E-state index in [1.165, 1.54) is 6.26 Å². The van der Waals surface area contributed by atoms with Crippen LogP contribution in [0, 0.1) is 0 Å². The molecule has 0 bridgehead atoms. The second-order valence-electron chi connectivity index (χ2n) is 5.89. The minimum atomic E-state index is -0.335. The Bertz CT molecular complexity index is 712. The number of nitrogens with zero attached hydrogens (tertiary/aromatic N) is 1. The molecule has 2 heterocycles.